The van der Waals surface area contributed by atoms with Crippen molar-refractivity contribution in [3.63, 3.8) is 0 Å². The summed E-state index contributed by atoms with van der Waals surface area (Å²) in [6.07, 6.45) is -4.89. The fourth-order valence-electron chi connectivity index (χ4n) is 2.10. The summed E-state index contributed by atoms with van der Waals surface area (Å²) in [5, 5.41) is 6.38. The lowest BCUT2D eigenvalue weighted by Gasteiger charge is -2.16. The molecule has 2 heterocycles. The normalized spacial score (nSPS) is 19.2. The molecule has 0 aromatic heterocycles. The van der Waals surface area contributed by atoms with E-state index in [-0.39, 0.29) is 24.0 Å². The van der Waals surface area contributed by atoms with Crippen LogP contribution < -0.4 is 0 Å². The minimum Gasteiger partial charge on any atom is -0.325 e. The zero-order chi connectivity index (χ0) is 16.8. The van der Waals surface area contributed by atoms with Crippen LogP contribution in [0.5, 0.6) is 0 Å². The van der Waals surface area contributed by atoms with Gasteiger partial charge in [0.25, 0.3) is 11.8 Å². The van der Waals surface area contributed by atoms with Crippen LogP contribution in [0.25, 0.3) is 0 Å². The van der Waals surface area contributed by atoms with Gasteiger partial charge in [0.05, 0.1) is 5.56 Å². The van der Waals surface area contributed by atoms with E-state index in [2.05, 4.69) is 15.1 Å². The number of imide groups is 1. The summed E-state index contributed by atoms with van der Waals surface area (Å²) in [5.41, 5.74) is -3.27. The maximum atomic E-state index is 12.9. The van der Waals surface area contributed by atoms with Gasteiger partial charge in [-0.05, 0) is 12.1 Å². The van der Waals surface area contributed by atoms with Crippen LogP contribution >= 0.6 is 0 Å². The zero-order valence-electron chi connectivity index (χ0n) is 11.3. The van der Waals surface area contributed by atoms with Gasteiger partial charge in [0.2, 0.25) is 0 Å². The van der Waals surface area contributed by atoms with Gasteiger partial charge < -0.3 is 4.84 Å². The first-order chi connectivity index (χ1) is 10.7. The molecule has 0 radical (unpaired) electrons. The van der Waals surface area contributed by atoms with Crippen molar-refractivity contribution >= 4 is 17.8 Å². The summed E-state index contributed by atoms with van der Waals surface area (Å²) in [7, 11) is 0. The van der Waals surface area contributed by atoms with E-state index in [4.69, 9.17) is 0 Å². The molecule has 2 amide bonds. The Morgan fingerprint density at radius 1 is 1.17 bits per heavy atom. The fraction of sp³-hybridized carbons (Fsp3) is 0.308. The second kappa shape index (κ2) is 4.86. The third-order valence-electron chi connectivity index (χ3n) is 3.38. The van der Waals surface area contributed by atoms with Gasteiger partial charge >= 0.3 is 17.8 Å². The molecule has 1 aromatic rings. The lowest BCUT2D eigenvalue weighted by Crippen LogP contribution is -2.32. The highest BCUT2D eigenvalue weighted by molar-refractivity contribution is 6.02. The van der Waals surface area contributed by atoms with Crippen molar-refractivity contribution in [3.05, 3.63) is 35.4 Å². The molecule has 120 valence electrons. The fourth-order valence-corrected chi connectivity index (χ4v) is 2.10. The Labute approximate surface area is 126 Å². The maximum Gasteiger partial charge on any atom is 0.442 e. The van der Waals surface area contributed by atoms with E-state index in [1.807, 2.05) is 0 Å². The molecule has 1 saturated heterocycles. The number of hydroxylamine groups is 2. The first-order valence-electron chi connectivity index (χ1n) is 6.44. The monoisotopic (exact) mass is 327 g/mol. The quantitative estimate of drug-likeness (QED) is 0.795. The molecule has 7 nitrogen and oxygen atoms in total. The Kier molecular flexibility index (Phi) is 3.20. The topological polar surface area (TPSA) is 88.4 Å². The summed E-state index contributed by atoms with van der Waals surface area (Å²) in [4.78, 5) is 39.3. The van der Waals surface area contributed by atoms with Crippen LogP contribution in [0.3, 0.4) is 0 Å². The van der Waals surface area contributed by atoms with Crippen molar-refractivity contribution in [2.75, 3.05) is 0 Å². The molecule has 0 spiro atoms. The van der Waals surface area contributed by atoms with E-state index in [0.29, 0.717) is 5.06 Å². The molecule has 23 heavy (non-hydrogen) atoms. The van der Waals surface area contributed by atoms with Gasteiger partial charge in [0.1, 0.15) is 0 Å². The first-order valence-corrected chi connectivity index (χ1v) is 6.44. The number of carbonyl (C=O) groups excluding carboxylic acids is 3. The summed E-state index contributed by atoms with van der Waals surface area (Å²) in [6.45, 7) is 0. The number of alkyl halides is 3. The molecule has 1 fully saturated rings. The SMILES string of the molecule is O=C(ON1C(=O)CCC1=O)c1cccc(C2(C(F)(F)F)N=N2)c1. The molecular formula is C13H8F3N3O4. The highest BCUT2D eigenvalue weighted by Gasteiger charge is 2.65. The molecule has 0 saturated carbocycles. The molecule has 0 aliphatic carbocycles. The van der Waals surface area contributed by atoms with E-state index in [9.17, 15) is 27.6 Å². The van der Waals surface area contributed by atoms with Crippen molar-refractivity contribution in [1.29, 1.82) is 0 Å². The maximum absolute atomic E-state index is 12.9. The van der Waals surface area contributed by atoms with Crippen LogP contribution in [-0.4, -0.2) is 29.0 Å². The predicted octanol–water partition coefficient (Wildman–Crippen LogP) is 2.09. The minimum atomic E-state index is -4.73. The number of nitrogens with zero attached hydrogens (tertiary/aromatic N) is 3. The van der Waals surface area contributed by atoms with Gasteiger partial charge in [-0.3, -0.25) is 9.59 Å². The molecule has 0 atom stereocenters. The summed E-state index contributed by atoms with van der Waals surface area (Å²) < 4.78 is 38.8. The Morgan fingerprint density at radius 2 is 1.78 bits per heavy atom. The van der Waals surface area contributed by atoms with Gasteiger partial charge in [-0.15, -0.1) is 15.3 Å². The van der Waals surface area contributed by atoms with Gasteiger partial charge in [0, 0.05) is 18.4 Å². The number of benzene rings is 1. The number of hydrogen-bond acceptors (Lipinski definition) is 6. The average Bonchev–Trinajstić information content (AvgIpc) is 3.26. The number of hydrogen-bond donors (Lipinski definition) is 0. The Bertz CT molecular complexity index is 722. The summed E-state index contributed by atoms with van der Waals surface area (Å²) in [5.74, 6) is -2.48. The second-order valence-electron chi connectivity index (χ2n) is 4.91. The van der Waals surface area contributed by atoms with E-state index in [1.165, 1.54) is 12.1 Å². The standard InChI is InChI=1S/C13H8F3N3O4/c14-13(15,16)12(17-18-12)8-3-1-2-7(6-8)11(22)23-19-9(20)4-5-10(19)21/h1-3,6H,4-5H2. The van der Waals surface area contributed by atoms with Gasteiger partial charge in [-0.1, -0.05) is 12.1 Å². The highest BCUT2D eigenvalue weighted by Crippen LogP contribution is 2.52. The van der Waals surface area contributed by atoms with Crippen molar-refractivity contribution < 1.29 is 32.4 Å². The van der Waals surface area contributed by atoms with Crippen LogP contribution in [0.15, 0.2) is 34.5 Å². The molecule has 0 unspecified atom stereocenters. The van der Waals surface area contributed by atoms with E-state index in [1.54, 1.807) is 0 Å². The van der Waals surface area contributed by atoms with Gasteiger partial charge in [0.15, 0.2) is 0 Å². The van der Waals surface area contributed by atoms with Crippen LogP contribution in [0.1, 0.15) is 28.8 Å². The minimum absolute atomic E-state index is 0.0822. The lowest BCUT2D eigenvalue weighted by atomic mass is 10.0. The number of carbonyl (C=O) groups is 3. The Morgan fingerprint density at radius 3 is 2.30 bits per heavy atom. The van der Waals surface area contributed by atoms with E-state index < -0.39 is 29.6 Å². The molecule has 10 heteroatoms. The highest BCUT2D eigenvalue weighted by atomic mass is 19.4. The molecule has 2 aliphatic rings. The van der Waals surface area contributed by atoms with Gasteiger partial charge in [-0.25, -0.2) is 4.79 Å². The molecular weight excluding hydrogens is 319 g/mol. The number of amides is 2. The second-order valence-corrected chi connectivity index (χ2v) is 4.91. The predicted molar refractivity (Wildman–Crippen MR) is 65.5 cm³/mol. The molecule has 0 bridgehead atoms. The largest absolute Gasteiger partial charge is 0.442 e. The van der Waals surface area contributed by atoms with Crippen LogP contribution in [0.4, 0.5) is 13.2 Å². The van der Waals surface area contributed by atoms with Crippen LogP contribution in [0.2, 0.25) is 0 Å². The van der Waals surface area contributed by atoms with E-state index in [0.717, 1.165) is 12.1 Å². The van der Waals surface area contributed by atoms with Crippen molar-refractivity contribution in [2.45, 2.75) is 24.7 Å². The van der Waals surface area contributed by atoms with Gasteiger partial charge in [-0.2, -0.15) is 13.2 Å². The molecule has 2 aliphatic heterocycles. The van der Waals surface area contributed by atoms with Crippen molar-refractivity contribution in [3.8, 4) is 0 Å². The molecule has 3 rings (SSSR count). The first kappa shape index (κ1) is 15.1. The third-order valence-corrected chi connectivity index (χ3v) is 3.38. The Hall–Kier alpha value is -2.78. The average molecular weight is 327 g/mol. The zero-order valence-corrected chi connectivity index (χ0v) is 11.3. The summed E-state index contributed by atoms with van der Waals surface area (Å²) in [6, 6.07) is 4.44. The smallest absolute Gasteiger partial charge is 0.325 e. The lowest BCUT2D eigenvalue weighted by molar-refractivity contribution is -0.172. The Balaban J connectivity index is 1.82. The van der Waals surface area contributed by atoms with Crippen LogP contribution in [0, 0.1) is 0 Å². The van der Waals surface area contributed by atoms with Crippen LogP contribution in [-0.2, 0) is 20.1 Å². The van der Waals surface area contributed by atoms with Crippen molar-refractivity contribution in [2.24, 2.45) is 10.2 Å². The molecule has 1 aromatic carbocycles. The van der Waals surface area contributed by atoms with E-state index >= 15 is 0 Å². The third kappa shape index (κ3) is 2.45. The molecule has 0 N–H and O–H groups in total. The van der Waals surface area contributed by atoms with Crippen molar-refractivity contribution in [1.82, 2.24) is 5.06 Å². The number of rotatable bonds is 3. The number of halogens is 3. The summed E-state index contributed by atoms with van der Waals surface area (Å²) >= 11 is 0.